The Hall–Kier alpha value is -1.48. The molecule has 2 nitrogen and oxygen atoms in total. The highest BCUT2D eigenvalue weighted by Crippen LogP contribution is 2.25. The van der Waals surface area contributed by atoms with Crippen molar-refractivity contribution in [3.05, 3.63) is 53.2 Å². The Morgan fingerprint density at radius 1 is 1.12 bits per heavy atom. The predicted molar refractivity (Wildman–Crippen MR) is 74.1 cm³/mol. The number of hydrogen-bond acceptors (Lipinski definition) is 3. The van der Waals surface area contributed by atoms with Gasteiger partial charge in [0.2, 0.25) is 0 Å². The second-order valence-electron chi connectivity index (χ2n) is 4.09. The van der Waals surface area contributed by atoms with Crippen molar-refractivity contribution < 1.29 is 0 Å². The van der Waals surface area contributed by atoms with Gasteiger partial charge in [0.25, 0.3) is 0 Å². The molecular weight excluding hydrogens is 228 g/mol. The van der Waals surface area contributed by atoms with Crippen molar-refractivity contribution in [1.29, 1.82) is 0 Å². The monoisotopic (exact) mass is 244 g/mol. The molecule has 0 spiro atoms. The number of nitrogens with two attached hydrogens (primary N) is 1. The summed E-state index contributed by atoms with van der Waals surface area (Å²) in [4.78, 5) is 4.29. The van der Waals surface area contributed by atoms with Crippen molar-refractivity contribution in [2.24, 2.45) is 0 Å². The van der Waals surface area contributed by atoms with Crippen molar-refractivity contribution in [3.8, 4) is 0 Å². The molecule has 0 aliphatic rings. The van der Waals surface area contributed by atoms with E-state index >= 15 is 0 Å². The van der Waals surface area contributed by atoms with Crippen molar-refractivity contribution >= 4 is 17.4 Å². The maximum Gasteiger partial charge on any atom is 0.0964 e. The normalized spacial score (nSPS) is 10.5. The van der Waals surface area contributed by atoms with E-state index in [1.54, 1.807) is 18.0 Å². The second-order valence-corrected chi connectivity index (χ2v) is 5.08. The average molecular weight is 244 g/mol. The summed E-state index contributed by atoms with van der Waals surface area (Å²) in [6.45, 7) is 4.30. The van der Waals surface area contributed by atoms with Gasteiger partial charge < -0.3 is 5.73 Å². The summed E-state index contributed by atoms with van der Waals surface area (Å²) in [7, 11) is 0. The fraction of sp³-hybridized carbons (Fsp3) is 0.214. The summed E-state index contributed by atoms with van der Waals surface area (Å²) >= 11 is 1.74. The first-order valence-corrected chi connectivity index (χ1v) is 6.55. The number of pyridine rings is 1. The summed E-state index contributed by atoms with van der Waals surface area (Å²) in [5.74, 6) is 0.954. The molecule has 0 bridgehead atoms. The van der Waals surface area contributed by atoms with Gasteiger partial charge in [0.15, 0.2) is 0 Å². The molecule has 17 heavy (non-hydrogen) atoms. The SMILES string of the molecule is Cc1cccc(C)c1CSc1ccc(N)cn1. The van der Waals surface area contributed by atoms with Crippen LogP contribution in [0.15, 0.2) is 41.6 Å². The first kappa shape index (κ1) is 12.0. The first-order chi connectivity index (χ1) is 8.16. The highest BCUT2D eigenvalue weighted by atomic mass is 32.2. The molecule has 2 N–H and O–H groups in total. The standard InChI is InChI=1S/C14H16N2S/c1-10-4-3-5-11(2)13(10)9-17-14-7-6-12(15)8-16-14/h3-8H,9,15H2,1-2H3. The van der Waals surface area contributed by atoms with Gasteiger partial charge in [-0.25, -0.2) is 4.98 Å². The minimum Gasteiger partial charge on any atom is -0.397 e. The van der Waals surface area contributed by atoms with E-state index in [2.05, 4.69) is 37.0 Å². The Morgan fingerprint density at radius 3 is 2.41 bits per heavy atom. The molecular formula is C14H16N2S. The lowest BCUT2D eigenvalue weighted by Crippen LogP contribution is -1.92. The molecule has 0 fully saturated rings. The van der Waals surface area contributed by atoms with Crippen molar-refractivity contribution in [1.82, 2.24) is 4.98 Å². The fourth-order valence-electron chi connectivity index (χ4n) is 1.70. The molecule has 1 aromatic carbocycles. The summed E-state index contributed by atoms with van der Waals surface area (Å²) in [5, 5.41) is 1.02. The van der Waals surface area contributed by atoms with E-state index in [-0.39, 0.29) is 0 Å². The van der Waals surface area contributed by atoms with Gasteiger partial charge >= 0.3 is 0 Å². The van der Waals surface area contributed by atoms with E-state index in [9.17, 15) is 0 Å². The lowest BCUT2D eigenvalue weighted by Gasteiger charge is -2.08. The van der Waals surface area contributed by atoms with Crippen LogP contribution in [-0.4, -0.2) is 4.98 Å². The zero-order valence-electron chi connectivity index (χ0n) is 10.1. The Morgan fingerprint density at radius 2 is 1.82 bits per heavy atom. The molecule has 0 atom stereocenters. The van der Waals surface area contributed by atoms with Gasteiger partial charge in [0, 0.05) is 5.75 Å². The van der Waals surface area contributed by atoms with E-state index in [0.29, 0.717) is 5.69 Å². The van der Waals surface area contributed by atoms with E-state index < -0.39 is 0 Å². The minimum absolute atomic E-state index is 0.710. The van der Waals surface area contributed by atoms with Crippen LogP contribution in [0.25, 0.3) is 0 Å². The van der Waals surface area contributed by atoms with Crippen LogP contribution in [0.5, 0.6) is 0 Å². The van der Waals surface area contributed by atoms with Gasteiger partial charge in [-0.15, -0.1) is 11.8 Å². The number of hydrogen-bond donors (Lipinski definition) is 1. The lowest BCUT2D eigenvalue weighted by molar-refractivity contribution is 1.13. The summed E-state index contributed by atoms with van der Waals surface area (Å²) in [5.41, 5.74) is 10.4. The smallest absolute Gasteiger partial charge is 0.0964 e. The maximum absolute atomic E-state index is 5.61. The van der Waals surface area contributed by atoms with E-state index in [1.807, 2.05) is 12.1 Å². The van der Waals surface area contributed by atoms with Crippen LogP contribution in [0, 0.1) is 13.8 Å². The third kappa shape index (κ3) is 3.01. The molecule has 0 aliphatic carbocycles. The lowest BCUT2D eigenvalue weighted by atomic mass is 10.1. The number of thioether (sulfide) groups is 1. The van der Waals surface area contributed by atoms with Crippen LogP contribution in [0.4, 0.5) is 5.69 Å². The summed E-state index contributed by atoms with van der Waals surface area (Å²) < 4.78 is 0. The van der Waals surface area contributed by atoms with Gasteiger partial charge in [-0.05, 0) is 42.7 Å². The molecule has 0 aliphatic heterocycles. The Bertz CT molecular complexity index is 486. The summed E-state index contributed by atoms with van der Waals surface area (Å²) in [6.07, 6.45) is 1.70. The topological polar surface area (TPSA) is 38.9 Å². The average Bonchev–Trinajstić information content (AvgIpc) is 2.31. The van der Waals surface area contributed by atoms with Crippen LogP contribution in [-0.2, 0) is 5.75 Å². The van der Waals surface area contributed by atoms with Crippen molar-refractivity contribution in [2.75, 3.05) is 5.73 Å². The molecule has 0 unspecified atom stereocenters. The molecule has 2 aromatic rings. The van der Waals surface area contributed by atoms with Crippen LogP contribution in [0.3, 0.4) is 0 Å². The number of nitrogen functional groups attached to an aromatic ring is 1. The van der Waals surface area contributed by atoms with E-state index in [0.717, 1.165) is 10.8 Å². The molecule has 3 heteroatoms. The van der Waals surface area contributed by atoms with Gasteiger partial charge in [0.05, 0.1) is 16.9 Å². The molecule has 1 aromatic heterocycles. The quantitative estimate of drug-likeness (QED) is 0.839. The third-order valence-electron chi connectivity index (χ3n) is 2.77. The highest BCUT2D eigenvalue weighted by Gasteiger charge is 2.03. The second kappa shape index (κ2) is 5.23. The van der Waals surface area contributed by atoms with Gasteiger partial charge in [-0.1, -0.05) is 18.2 Å². The fourth-order valence-corrected chi connectivity index (χ4v) is 2.74. The van der Waals surface area contributed by atoms with E-state index in [4.69, 9.17) is 5.73 Å². The first-order valence-electron chi connectivity index (χ1n) is 5.56. The molecule has 88 valence electrons. The number of rotatable bonds is 3. The molecule has 0 saturated carbocycles. The van der Waals surface area contributed by atoms with Crippen molar-refractivity contribution in [2.45, 2.75) is 24.6 Å². The Kier molecular flexibility index (Phi) is 3.69. The number of nitrogens with zero attached hydrogens (tertiary/aromatic N) is 1. The highest BCUT2D eigenvalue weighted by molar-refractivity contribution is 7.98. The number of aromatic nitrogens is 1. The molecule has 2 rings (SSSR count). The minimum atomic E-state index is 0.710. The predicted octanol–water partition coefficient (Wildman–Crippen LogP) is 3.57. The van der Waals surface area contributed by atoms with Crippen LogP contribution < -0.4 is 5.73 Å². The largest absolute Gasteiger partial charge is 0.397 e. The van der Waals surface area contributed by atoms with Crippen molar-refractivity contribution in [3.63, 3.8) is 0 Å². The van der Waals surface area contributed by atoms with Gasteiger partial charge in [-0.3, -0.25) is 0 Å². The third-order valence-corrected chi connectivity index (χ3v) is 3.74. The Balaban J connectivity index is 2.10. The number of anilines is 1. The van der Waals surface area contributed by atoms with Crippen LogP contribution in [0.1, 0.15) is 16.7 Å². The van der Waals surface area contributed by atoms with Crippen LogP contribution in [0.2, 0.25) is 0 Å². The molecule has 1 heterocycles. The van der Waals surface area contributed by atoms with Gasteiger partial charge in [-0.2, -0.15) is 0 Å². The zero-order valence-corrected chi connectivity index (χ0v) is 10.9. The Labute approximate surface area is 106 Å². The molecule has 0 saturated heterocycles. The molecule has 0 amide bonds. The maximum atomic E-state index is 5.61. The van der Waals surface area contributed by atoms with E-state index in [1.165, 1.54) is 16.7 Å². The van der Waals surface area contributed by atoms with Crippen LogP contribution >= 0.6 is 11.8 Å². The van der Waals surface area contributed by atoms with Gasteiger partial charge in [0.1, 0.15) is 0 Å². The zero-order chi connectivity index (χ0) is 12.3. The number of aryl methyl sites for hydroxylation is 2. The molecule has 0 radical (unpaired) electrons. The summed E-state index contributed by atoms with van der Waals surface area (Å²) in [6, 6.07) is 10.3. The number of benzene rings is 1.